The normalized spacial score (nSPS) is 11.1. The van der Waals surface area contributed by atoms with Crippen molar-refractivity contribution in [3.63, 3.8) is 0 Å². The first kappa shape index (κ1) is 22.4. The number of carboxylic acids is 1. The van der Waals surface area contributed by atoms with Gasteiger partial charge < -0.3 is 15.2 Å². The lowest BCUT2D eigenvalue weighted by molar-refractivity contribution is -0.134. The molecule has 3 aromatic carbocycles. The predicted octanol–water partition coefficient (Wildman–Crippen LogP) is 5.96. The van der Waals surface area contributed by atoms with Gasteiger partial charge in [-0.3, -0.25) is 4.79 Å². The van der Waals surface area contributed by atoms with Gasteiger partial charge in [-0.25, -0.2) is 4.79 Å². The molecule has 3 aromatic rings. The maximum atomic E-state index is 12.2. The molecule has 0 radical (unpaired) electrons. The fraction of sp³-hybridized carbons (Fsp3) is 0.0833. The third-order valence-electron chi connectivity index (χ3n) is 4.31. The second-order valence-corrected chi connectivity index (χ2v) is 7.48. The standard InChI is InChI=1S/C24H19Cl2NO4/c25-18-10-5-16(6-11-18)9-14-23(28)27-21(24(29)30)15-17-7-12-19(13-8-17)31-22-4-2-1-3-20(22)26/h1-8,10-13,15H,9,14H2,(H,27,28)(H,29,30)/b21-15-. The highest BCUT2D eigenvalue weighted by Crippen LogP contribution is 2.29. The van der Waals surface area contributed by atoms with Crippen molar-refractivity contribution in [2.75, 3.05) is 0 Å². The van der Waals surface area contributed by atoms with Crippen molar-refractivity contribution in [3.05, 3.63) is 99.7 Å². The van der Waals surface area contributed by atoms with Crippen molar-refractivity contribution < 1.29 is 19.4 Å². The van der Waals surface area contributed by atoms with Crippen LogP contribution in [0.25, 0.3) is 6.08 Å². The van der Waals surface area contributed by atoms with E-state index in [-0.39, 0.29) is 18.0 Å². The molecule has 1 amide bonds. The number of carbonyl (C=O) groups is 2. The van der Waals surface area contributed by atoms with Crippen LogP contribution < -0.4 is 10.1 Å². The quantitative estimate of drug-likeness (QED) is 0.410. The largest absolute Gasteiger partial charge is 0.477 e. The second kappa shape index (κ2) is 10.7. The molecular formula is C24H19Cl2NO4. The van der Waals surface area contributed by atoms with E-state index in [1.54, 1.807) is 54.6 Å². The molecule has 0 unspecified atom stereocenters. The first-order valence-electron chi connectivity index (χ1n) is 9.42. The zero-order valence-electron chi connectivity index (χ0n) is 16.3. The summed E-state index contributed by atoms with van der Waals surface area (Å²) in [7, 11) is 0. The van der Waals surface area contributed by atoms with Crippen molar-refractivity contribution in [3.8, 4) is 11.5 Å². The van der Waals surface area contributed by atoms with E-state index in [0.717, 1.165) is 5.56 Å². The molecule has 0 aromatic heterocycles. The minimum Gasteiger partial charge on any atom is -0.477 e. The van der Waals surface area contributed by atoms with Crippen LogP contribution in [0.5, 0.6) is 11.5 Å². The lowest BCUT2D eigenvalue weighted by Crippen LogP contribution is -2.27. The molecule has 0 aliphatic carbocycles. The highest BCUT2D eigenvalue weighted by atomic mass is 35.5. The van der Waals surface area contributed by atoms with E-state index >= 15 is 0 Å². The van der Waals surface area contributed by atoms with Crippen LogP contribution in [0.1, 0.15) is 17.5 Å². The van der Waals surface area contributed by atoms with Crippen LogP contribution in [0.2, 0.25) is 10.0 Å². The first-order chi connectivity index (χ1) is 14.9. The first-order valence-corrected chi connectivity index (χ1v) is 10.2. The fourth-order valence-electron chi connectivity index (χ4n) is 2.73. The van der Waals surface area contributed by atoms with E-state index in [1.807, 2.05) is 18.2 Å². The number of para-hydroxylation sites is 1. The van der Waals surface area contributed by atoms with E-state index in [9.17, 15) is 14.7 Å². The van der Waals surface area contributed by atoms with Gasteiger partial charge in [0.1, 0.15) is 17.2 Å². The molecule has 0 aliphatic rings. The van der Waals surface area contributed by atoms with E-state index < -0.39 is 5.97 Å². The predicted molar refractivity (Wildman–Crippen MR) is 121 cm³/mol. The van der Waals surface area contributed by atoms with Crippen LogP contribution in [0, 0.1) is 0 Å². The molecule has 0 fully saturated rings. The molecule has 0 atom stereocenters. The topological polar surface area (TPSA) is 75.6 Å². The van der Waals surface area contributed by atoms with Gasteiger partial charge in [0.2, 0.25) is 5.91 Å². The molecule has 158 valence electrons. The Morgan fingerprint density at radius 2 is 1.61 bits per heavy atom. The lowest BCUT2D eigenvalue weighted by atomic mass is 10.1. The van der Waals surface area contributed by atoms with E-state index in [4.69, 9.17) is 27.9 Å². The van der Waals surface area contributed by atoms with Gasteiger partial charge in [-0.15, -0.1) is 0 Å². The van der Waals surface area contributed by atoms with Crippen molar-refractivity contribution in [1.82, 2.24) is 5.32 Å². The summed E-state index contributed by atoms with van der Waals surface area (Å²) in [6.07, 6.45) is 2.02. The van der Waals surface area contributed by atoms with Crippen molar-refractivity contribution in [1.29, 1.82) is 0 Å². The highest BCUT2D eigenvalue weighted by molar-refractivity contribution is 6.32. The molecule has 3 rings (SSSR count). The van der Waals surface area contributed by atoms with E-state index in [1.165, 1.54) is 6.08 Å². The molecule has 0 saturated carbocycles. The summed E-state index contributed by atoms with van der Waals surface area (Å²) in [5.41, 5.74) is 1.33. The Labute approximate surface area is 189 Å². The van der Waals surface area contributed by atoms with Crippen molar-refractivity contribution in [2.45, 2.75) is 12.8 Å². The van der Waals surface area contributed by atoms with Crippen LogP contribution in [0.15, 0.2) is 78.5 Å². The Hall–Kier alpha value is -3.28. The number of rotatable bonds is 8. The number of aliphatic carboxylic acids is 1. The summed E-state index contributed by atoms with van der Waals surface area (Å²) in [6, 6.07) is 21.0. The number of amides is 1. The molecule has 5 nitrogen and oxygen atoms in total. The summed E-state index contributed by atoms with van der Waals surface area (Å²) in [4.78, 5) is 23.8. The molecular weight excluding hydrogens is 437 g/mol. The SMILES string of the molecule is O=C(CCc1ccc(Cl)cc1)N/C(=C\c1ccc(Oc2ccccc2Cl)cc1)C(=O)O. The van der Waals surface area contributed by atoms with Gasteiger partial charge in [-0.1, -0.05) is 59.6 Å². The number of carboxylic acid groups (broad SMARTS) is 1. The number of carbonyl (C=O) groups excluding carboxylic acids is 1. The minimum atomic E-state index is -1.23. The van der Waals surface area contributed by atoms with Crippen LogP contribution >= 0.6 is 23.2 Å². The Morgan fingerprint density at radius 1 is 0.935 bits per heavy atom. The summed E-state index contributed by atoms with van der Waals surface area (Å²) in [5, 5.41) is 13.0. The number of benzene rings is 3. The lowest BCUT2D eigenvalue weighted by Gasteiger charge is -2.08. The molecule has 0 bridgehead atoms. The number of nitrogens with one attached hydrogen (secondary N) is 1. The van der Waals surface area contributed by atoms with Crippen LogP contribution in [-0.4, -0.2) is 17.0 Å². The summed E-state index contributed by atoms with van der Waals surface area (Å²) < 4.78 is 5.72. The molecule has 0 saturated heterocycles. The molecule has 0 heterocycles. The summed E-state index contributed by atoms with van der Waals surface area (Å²) in [5.74, 6) is -0.542. The maximum absolute atomic E-state index is 12.2. The van der Waals surface area contributed by atoms with Gasteiger partial charge in [0.05, 0.1) is 5.02 Å². The summed E-state index contributed by atoms with van der Waals surface area (Å²) in [6.45, 7) is 0. The third kappa shape index (κ3) is 6.88. The Morgan fingerprint density at radius 3 is 2.26 bits per heavy atom. The van der Waals surface area contributed by atoms with Crippen LogP contribution in [-0.2, 0) is 16.0 Å². The smallest absolute Gasteiger partial charge is 0.352 e. The van der Waals surface area contributed by atoms with Gasteiger partial charge in [0, 0.05) is 11.4 Å². The average molecular weight is 456 g/mol. The Balaban J connectivity index is 1.63. The number of ether oxygens (including phenoxy) is 1. The van der Waals surface area contributed by atoms with Crippen molar-refractivity contribution in [2.24, 2.45) is 0 Å². The number of hydrogen-bond acceptors (Lipinski definition) is 3. The molecule has 31 heavy (non-hydrogen) atoms. The van der Waals surface area contributed by atoms with E-state index in [2.05, 4.69) is 5.32 Å². The van der Waals surface area contributed by atoms with Gasteiger partial charge in [-0.05, 0) is 60.0 Å². The zero-order chi connectivity index (χ0) is 22.2. The highest BCUT2D eigenvalue weighted by Gasteiger charge is 2.12. The Bertz CT molecular complexity index is 1090. The van der Waals surface area contributed by atoms with Gasteiger partial charge in [-0.2, -0.15) is 0 Å². The summed E-state index contributed by atoms with van der Waals surface area (Å²) >= 11 is 11.9. The second-order valence-electron chi connectivity index (χ2n) is 6.64. The van der Waals surface area contributed by atoms with Crippen molar-refractivity contribution >= 4 is 41.2 Å². The average Bonchev–Trinajstić information content (AvgIpc) is 2.75. The number of aryl methyl sites for hydroxylation is 1. The number of halogens is 2. The third-order valence-corrected chi connectivity index (χ3v) is 4.88. The molecule has 0 spiro atoms. The van der Waals surface area contributed by atoms with Gasteiger partial charge in [0.15, 0.2) is 0 Å². The Kier molecular flexibility index (Phi) is 7.70. The molecule has 2 N–H and O–H groups in total. The monoisotopic (exact) mass is 455 g/mol. The van der Waals surface area contributed by atoms with Gasteiger partial charge >= 0.3 is 5.97 Å². The molecule has 0 aliphatic heterocycles. The fourth-order valence-corrected chi connectivity index (χ4v) is 3.03. The van der Waals surface area contributed by atoms with Crippen LogP contribution in [0.3, 0.4) is 0 Å². The zero-order valence-corrected chi connectivity index (χ0v) is 17.9. The molecule has 7 heteroatoms. The van der Waals surface area contributed by atoms with Crippen LogP contribution in [0.4, 0.5) is 0 Å². The van der Waals surface area contributed by atoms with E-state index in [0.29, 0.717) is 33.5 Å². The minimum absolute atomic E-state index is 0.150. The van der Waals surface area contributed by atoms with Gasteiger partial charge in [0.25, 0.3) is 0 Å². The maximum Gasteiger partial charge on any atom is 0.352 e. The number of hydrogen-bond donors (Lipinski definition) is 2.